The zero-order valence-electron chi connectivity index (χ0n) is 15.0. The average molecular weight is 335 g/mol. The quantitative estimate of drug-likeness (QED) is 0.596. The van der Waals surface area contributed by atoms with Crippen LogP contribution in [0.3, 0.4) is 0 Å². The van der Waals surface area contributed by atoms with Crippen LogP contribution in [0.2, 0.25) is 0 Å². The van der Waals surface area contributed by atoms with Crippen molar-refractivity contribution in [1.29, 1.82) is 0 Å². The Kier molecular flexibility index (Phi) is 5.36. The zero-order valence-corrected chi connectivity index (χ0v) is 15.0. The number of nitrogens with one attached hydrogen (secondary N) is 2. The van der Waals surface area contributed by atoms with Gasteiger partial charge >= 0.3 is 6.03 Å². The van der Waals surface area contributed by atoms with Gasteiger partial charge in [-0.15, -0.1) is 0 Å². The van der Waals surface area contributed by atoms with Crippen molar-refractivity contribution in [2.75, 3.05) is 6.54 Å². The third-order valence-electron chi connectivity index (χ3n) is 6.76. The minimum atomic E-state index is -0.475. The summed E-state index contributed by atoms with van der Waals surface area (Å²) in [7, 11) is 0. The molecule has 0 heterocycles. The Labute approximate surface area is 145 Å². The summed E-state index contributed by atoms with van der Waals surface area (Å²) in [6.07, 6.45) is 11.6. The van der Waals surface area contributed by atoms with Gasteiger partial charge in [0.15, 0.2) is 0 Å². The number of carbonyl (C=O) groups excluding carboxylic acids is 2. The summed E-state index contributed by atoms with van der Waals surface area (Å²) in [5.41, 5.74) is 5.40. The molecular formula is C19H33N3O2. The molecule has 0 aliphatic heterocycles. The average Bonchev–Trinajstić information content (AvgIpc) is 2.49. The van der Waals surface area contributed by atoms with E-state index in [0.29, 0.717) is 24.4 Å². The molecule has 1 unspecified atom stereocenters. The summed E-state index contributed by atoms with van der Waals surface area (Å²) in [5, 5.41) is 5.90. The fourth-order valence-electron chi connectivity index (χ4n) is 5.97. The van der Waals surface area contributed by atoms with E-state index < -0.39 is 6.03 Å². The Balaban J connectivity index is 1.38. The lowest BCUT2D eigenvalue weighted by Gasteiger charge is -2.59. The van der Waals surface area contributed by atoms with Crippen LogP contribution in [0.1, 0.15) is 71.1 Å². The minimum absolute atomic E-state index is 0.195. The molecule has 1 atom stereocenters. The molecule has 0 radical (unpaired) electrons. The molecule has 24 heavy (non-hydrogen) atoms. The maximum absolute atomic E-state index is 12.3. The van der Waals surface area contributed by atoms with Gasteiger partial charge in [0.25, 0.3) is 0 Å². The molecular weight excluding hydrogens is 302 g/mol. The fraction of sp³-hybridized carbons (Fsp3) is 0.895. The highest BCUT2D eigenvalue weighted by Gasteiger charge is 2.53. The van der Waals surface area contributed by atoms with Gasteiger partial charge in [-0.05, 0) is 81.5 Å². The maximum Gasteiger partial charge on any atom is 0.312 e. The predicted molar refractivity (Wildman–Crippen MR) is 94.3 cm³/mol. The first kappa shape index (κ1) is 17.6. The Morgan fingerprint density at radius 3 is 2.17 bits per heavy atom. The van der Waals surface area contributed by atoms with E-state index in [9.17, 15) is 9.59 Å². The van der Waals surface area contributed by atoms with Crippen LogP contribution in [-0.4, -0.2) is 24.5 Å². The summed E-state index contributed by atoms with van der Waals surface area (Å²) < 4.78 is 0. The van der Waals surface area contributed by atoms with Gasteiger partial charge in [-0.1, -0.05) is 6.42 Å². The number of unbranched alkanes of at least 4 members (excludes halogenated alkanes) is 2. The van der Waals surface area contributed by atoms with Gasteiger partial charge in [0, 0.05) is 19.0 Å². The van der Waals surface area contributed by atoms with Crippen LogP contribution in [0, 0.1) is 23.2 Å². The molecule has 0 aromatic carbocycles. The molecule has 4 N–H and O–H groups in total. The summed E-state index contributed by atoms with van der Waals surface area (Å²) in [6, 6.07) is -0.160. The Hall–Kier alpha value is -1.26. The van der Waals surface area contributed by atoms with Crippen LogP contribution in [-0.2, 0) is 4.79 Å². The predicted octanol–water partition coefficient (Wildman–Crippen LogP) is 2.94. The van der Waals surface area contributed by atoms with Crippen molar-refractivity contribution in [2.24, 2.45) is 28.9 Å². The number of hydrogen-bond acceptors (Lipinski definition) is 2. The van der Waals surface area contributed by atoms with E-state index in [1.54, 1.807) is 0 Å². The lowest BCUT2D eigenvalue weighted by molar-refractivity contribution is -0.126. The number of carbonyl (C=O) groups is 2. The highest BCUT2D eigenvalue weighted by molar-refractivity contribution is 5.76. The van der Waals surface area contributed by atoms with Crippen molar-refractivity contribution < 1.29 is 9.59 Å². The lowest BCUT2D eigenvalue weighted by Crippen LogP contribution is -2.55. The summed E-state index contributed by atoms with van der Waals surface area (Å²) >= 11 is 0. The second-order valence-corrected chi connectivity index (χ2v) is 8.67. The van der Waals surface area contributed by atoms with Crippen molar-refractivity contribution in [1.82, 2.24) is 10.6 Å². The van der Waals surface area contributed by atoms with Gasteiger partial charge in [-0.2, -0.15) is 0 Å². The van der Waals surface area contributed by atoms with Gasteiger partial charge < -0.3 is 16.4 Å². The molecule has 5 heteroatoms. The van der Waals surface area contributed by atoms with Crippen LogP contribution < -0.4 is 16.4 Å². The van der Waals surface area contributed by atoms with Crippen LogP contribution in [0.4, 0.5) is 4.79 Å². The number of rotatable bonds is 8. The van der Waals surface area contributed by atoms with E-state index in [1.807, 2.05) is 0 Å². The Morgan fingerprint density at radius 1 is 1.04 bits per heavy atom. The largest absolute Gasteiger partial charge is 0.353 e. The van der Waals surface area contributed by atoms with E-state index >= 15 is 0 Å². The third-order valence-corrected chi connectivity index (χ3v) is 6.76. The number of primary amides is 1. The standard InChI is InChI=1S/C19H33N3O2/c1-13(22-17(23)5-3-2-4-6-21-18(20)24)19-10-14-7-15(11-19)9-16(8-14)12-19/h13-16H,2-12H2,1H3,(H,22,23)(H3,20,21,24). The topological polar surface area (TPSA) is 84.2 Å². The number of urea groups is 1. The van der Waals surface area contributed by atoms with Crippen molar-refractivity contribution in [2.45, 2.75) is 77.2 Å². The first-order valence-electron chi connectivity index (χ1n) is 9.79. The van der Waals surface area contributed by atoms with Gasteiger partial charge in [-0.25, -0.2) is 4.79 Å². The van der Waals surface area contributed by atoms with Crippen molar-refractivity contribution in [3.63, 3.8) is 0 Å². The molecule has 4 saturated carbocycles. The van der Waals surface area contributed by atoms with Crippen LogP contribution in [0.25, 0.3) is 0 Å². The van der Waals surface area contributed by atoms with Crippen LogP contribution in [0.5, 0.6) is 0 Å². The van der Waals surface area contributed by atoms with Crippen molar-refractivity contribution >= 4 is 11.9 Å². The van der Waals surface area contributed by atoms with Crippen molar-refractivity contribution in [3.05, 3.63) is 0 Å². The lowest BCUT2D eigenvalue weighted by atomic mass is 9.48. The minimum Gasteiger partial charge on any atom is -0.353 e. The normalized spacial score (nSPS) is 34.8. The molecule has 0 spiro atoms. The smallest absolute Gasteiger partial charge is 0.312 e. The van der Waals surface area contributed by atoms with Crippen molar-refractivity contribution in [3.8, 4) is 0 Å². The first-order chi connectivity index (χ1) is 11.5. The second-order valence-electron chi connectivity index (χ2n) is 8.67. The molecule has 136 valence electrons. The highest BCUT2D eigenvalue weighted by atomic mass is 16.2. The summed E-state index contributed by atoms with van der Waals surface area (Å²) in [4.78, 5) is 22.9. The molecule has 0 saturated heterocycles. The number of nitrogens with two attached hydrogens (primary N) is 1. The van der Waals surface area contributed by atoms with E-state index in [1.165, 1.54) is 38.5 Å². The molecule has 0 aromatic rings. The van der Waals surface area contributed by atoms with E-state index in [-0.39, 0.29) is 5.91 Å². The highest BCUT2D eigenvalue weighted by Crippen LogP contribution is 2.61. The fourth-order valence-corrected chi connectivity index (χ4v) is 5.97. The third kappa shape index (κ3) is 4.04. The van der Waals surface area contributed by atoms with Gasteiger partial charge in [0.05, 0.1) is 0 Å². The van der Waals surface area contributed by atoms with E-state index in [2.05, 4.69) is 17.6 Å². The molecule has 3 amide bonds. The molecule has 4 bridgehead atoms. The monoisotopic (exact) mass is 335 g/mol. The number of hydrogen-bond donors (Lipinski definition) is 3. The van der Waals surface area contributed by atoms with Gasteiger partial charge in [0.1, 0.15) is 0 Å². The summed E-state index contributed by atoms with van der Waals surface area (Å²) in [5.74, 6) is 2.97. The Bertz CT molecular complexity index is 442. The van der Waals surface area contributed by atoms with E-state index in [0.717, 1.165) is 37.0 Å². The van der Waals surface area contributed by atoms with Gasteiger partial charge in [0.2, 0.25) is 5.91 Å². The molecule has 4 aliphatic rings. The molecule has 4 aliphatic carbocycles. The SMILES string of the molecule is CC(NC(=O)CCCCCNC(N)=O)C12CC3CC(CC(C3)C1)C2. The van der Waals surface area contributed by atoms with Crippen LogP contribution >= 0.6 is 0 Å². The van der Waals surface area contributed by atoms with Gasteiger partial charge in [-0.3, -0.25) is 4.79 Å². The molecule has 5 nitrogen and oxygen atoms in total. The Morgan fingerprint density at radius 2 is 1.62 bits per heavy atom. The zero-order chi connectivity index (χ0) is 17.2. The molecule has 0 aromatic heterocycles. The second kappa shape index (κ2) is 7.32. The molecule has 4 rings (SSSR count). The van der Waals surface area contributed by atoms with Crippen LogP contribution in [0.15, 0.2) is 0 Å². The first-order valence-corrected chi connectivity index (χ1v) is 9.79. The molecule has 4 fully saturated rings. The maximum atomic E-state index is 12.3. The number of amides is 3. The summed E-state index contributed by atoms with van der Waals surface area (Å²) in [6.45, 7) is 2.84. The van der Waals surface area contributed by atoms with E-state index in [4.69, 9.17) is 5.73 Å².